The summed E-state index contributed by atoms with van der Waals surface area (Å²) in [5.41, 5.74) is 1.27. The minimum atomic E-state index is 0.748. The molecular weight excluding hydrogens is 371 g/mol. The van der Waals surface area contributed by atoms with E-state index in [2.05, 4.69) is 59.0 Å². The molecule has 21 heavy (non-hydrogen) atoms. The lowest BCUT2D eigenvalue weighted by Gasteiger charge is -2.03. The lowest BCUT2D eigenvalue weighted by atomic mass is 10.1. The van der Waals surface area contributed by atoms with Crippen molar-refractivity contribution in [1.82, 2.24) is 0 Å². The normalized spacial score (nSPS) is 11.3. The Bertz CT molecular complexity index is 348. The first-order valence-corrected chi connectivity index (χ1v) is 9.78. The van der Waals surface area contributed by atoms with Gasteiger partial charge in [-0.2, -0.15) is 0 Å². The lowest BCUT2D eigenvalue weighted by molar-refractivity contribution is 0.117. The van der Waals surface area contributed by atoms with Crippen molar-refractivity contribution in [1.29, 1.82) is 0 Å². The zero-order valence-electron chi connectivity index (χ0n) is 13.1. The molecule has 0 radical (unpaired) electrons. The first kappa shape index (κ1) is 18.7. The van der Waals surface area contributed by atoms with Crippen LogP contribution in [0.3, 0.4) is 0 Å². The first-order valence-electron chi connectivity index (χ1n) is 8.26. The minimum Gasteiger partial charge on any atom is -0.377 e. The molecule has 0 aliphatic heterocycles. The molecule has 0 fully saturated rings. The van der Waals surface area contributed by atoms with Crippen LogP contribution in [0.5, 0.6) is 0 Å². The van der Waals surface area contributed by atoms with Gasteiger partial charge in [0.2, 0.25) is 0 Å². The van der Waals surface area contributed by atoms with Gasteiger partial charge in [-0.05, 0) is 48.5 Å². The molecule has 1 aromatic carbocycles. The number of allylic oxidation sites excluding steroid dienone is 2. The number of benzene rings is 1. The molecule has 2 heteroatoms. The van der Waals surface area contributed by atoms with Gasteiger partial charge in [0.05, 0.1) is 6.61 Å². The van der Waals surface area contributed by atoms with Crippen molar-refractivity contribution in [3.8, 4) is 0 Å². The largest absolute Gasteiger partial charge is 0.377 e. The van der Waals surface area contributed by atoms with Crippen molar-refractivity contribution >= 4 is 22.6 Å². The van der Waals surface area contributed by atoms with Crippen molar-refractivity contribution in [3.63, 3.8) is 0 Å². The minimum absolute atomic E-state index is 0.748. The van der Waals surface area contributed by atoms with E-state index in [4.69, 9.17) is 4.74 Å². The summed E-state index contributed by atoms with van der Waals surface area (Å²) in [7, 11) is 0. The summed E-state index contributed by atoms with van der Waals surface area (Å²) in [6, 6.07) is 10.4. The fourth-order valence-electron chi connectivity index (χ4n) is 2.18. The highest BCUT2D eigenvalue weighted by Crippen LogP contribution is 2.06. The Morgan fingerprint density at radius 1 is 0.810 bits per heavy atom. The third kappa shape index (κ3) is 11.9. The Morgan fingerprint density at radius 3 is 2.14 bits per heavy atom. The maximum atomic E-state index is 5.68. The predicted molar refractivity (Wildman–Crippen MR) is 101 cm³/mol. The van der Waals surface area contributed by atoms with Gasteiger partial charge in [0.15, 0.2) is 0 Å². The summed E-state index contributed by atoms with van der Waals surface area (Å²) in [6.07, 6.45) is 15.1. The molecule has 0 amide bonds. The summed E-state index contributed by atoms with van der Waals surface area (Å²) in [5.74, 6) is 0. The summed E-state index contributed by atoms with van der Waals surface area (Å²) in [6.45, 7) is 1.63. The Labute approximate surface area is 144 Å². The van der Waals surface area contributed by atoms with Crippen LogP contribution in [0, 0.1) is 0 Å². The number of halogens is 1. The fraction of sp³-hybridized carbons (Fsp3) is 0.579. The Hall–Kier alpha value is -0.350. The smallest absolute Gasteiger partial charge is 0.0716 e. The van der Waals surface area contributed by atoms with E-state index in [1.807, 2.05) is 6.07 Å². The molecule has 1 rings (SSSR count). The number of hydrogen-bond donors (Lipinski definition) is 0. The van der Waals surface area contributed by atoms with Crippen LogP contribution < -0.4 is 0 Å². The molecule has 0 saturated heterocycles. The van der Waals surface area contributed by atoms with Crippen LogP contribution in [-0.4, -0.2) is 11.0 Å². The molecule has 118 valence electrons. The zero-order valence-corrected chi connectivity index (χ0v) is 15.3. The molecule has 0 atom stereocenters. The van der Waals surface area contributed by atoms with E-state index < -0.39 is 0 Å². The van der Waals surface area contributed by atoms with E-state index in [1.54, 1.807) is 0 Å². The highest BCUT2D eigenvalue weighted by molar-refractivity contribution is 14.1. The average Bonchev–Trinajstić information content (AvgIpc) is 2.53. The van der Waals surface area contributed by atoms with Gasteiger partial charge < -0.3 is 4.74 Å². The van der Waals surface area contributed by atoms with Crippen molar-refractivity contribution in [2.24, 2.45) is 0 Å². The maximum absolute atomic E-state index is 5.68. The molecule has 1 nitrogen and oxygen atoms in total. The standard InChI is InChI=1S/C19H29IO/c20-16-12-7-5-3-1-2-4-6-8-13-17-21-18-19-14-10-9-11-15-19/h1-2,9-11,14-15H,3-8,12-13,16-18H2/b2-1+. The van der Waals surface area contributed by atoms with Gasteiger partial charge in [-0.15, -0.1) is 0 Å². The number of hydrogen-bond acceptors (Lipinski definition) is 1. The van der Waals surface area contributed by atoms with Gasteiger partial charge in [-0.3, -0.25) is 0 Å². The fourth-order valence-corrected chi connectivity index (χ4v) is 2.72. The highest BCUT2D eigenvalue weighted by atomic mass is 127. The van der Waals surface area contributed by atoms with Crippen LogP contribution in [-0.2, 0) is 11.3 Å². The van der Waals surface area contributed by atoms with E-state index in [9.17, 15) is 0 Å². The lowest BCUT2D eigenvalue weighted by Crippen LogP contribution is -1.95. The Kier molecular flexibility index (Phi) is 13.0. The second-order valence-electron chi connectivity index (χ2n) is 5.40. The number of alkyl halides is 1. The summed E-state index contributed by atoms with van der Waals surface area (Å²) in [5, 5.41) is 0. The summed E-state index contributed by atoms with van der Waals surface area (Å²) >= 11 is 2.46. The van der Waals surface area contributed by atoms with Crippen LogP contribution in [0.15, 0.2) is 42.5 Å². The zero-order chi connectivity index (χ0) is 15.0. The molecule has 0 aromatic heterocycles. The van der Waals surface area contributed by atoms with E-state index in [0.29, 0.717) is 0 Å². The van der Waals surface area contributed by atoms with E-state index in [0.717, 1.165) is 13.2 Å². The molecule has 0 aliphatic carbocycles. The second kappa shape index (κ2) is 14.6. The molecule has 0 unspecified atom stereocenters. The third-order valence-corrected chi connectivity index (χ3v) is 4.20. The SMILES string of the molecule is ICCCCC/C=C/CCCCCOCc1ccccc1. The van der Waals surface area contributed by atoms with Gasteiger partial charge in [0, 0.05) is 6.61 Å². The Balaban J connectivity index is 1.81. The van der Waals surface area contributed by atoms with Crippen LogP contribution in [0.1, 0.15) is 56.9 Å². The third-order valence-electron chi connectivity index (χ3n) is 3.44. The molecular formula is C19H29IO. The van der Waals surface area contributed by atoms with Crippen LogP contribution in [0.2, 0.25) is 0 Å². The highest BCUT2D eigenvalue weighted by Gasteiger charge is 1.92. The average molecular weight is 400 g/mol. The van der Waals surface area contributed by atoms with Crippen molar-refractivity contribution in [2.45, 2.75) is 58.0 Å². The second-order valence-corrected chi connectivity index (χ2v) is 6.48. The van der Waals surface area contributed by atoms with Crippen LogP contribution in [0.25, 0.3) is 0 Å². The quantitative estimate of drug-likeness (QED) is 0.163. The van der Waals surface area contributed by atoms with Crippen LogP contribution in [0.4, 0.5) is 0 Å². The topological polar surface area (TPSA) is 9.23 Å². The first-order chi connectivity index (χ1) is 10.4. The molecule has 0 N–H and O–H groups in total. The molecule has 0 heterocycles. The van der Waals surface area contributed by atoms with Crippen molar-refractivity contribution in [3.05, 3.63) is 48.0 Å². The van der Waals surface area contributed by atoms with E-state index in [-0.39, 0.29) is 0 Å². The summed E-state index contributed by atoms with van der Waals surface area (Å²) in [4.78, 5) is 0. The van der Waals surface area contributed by atoms with Gasteiger partial charge in [0.25, 0.3) is 0 Å². The number of unbranched alkanes of at least 4 members (excludes halogenated alkanes) is 6. The van der Waals surface area contributed by atoms with Crippen molar-refractivity contribution in [2.75, 3.05) is 11.0 Å². The van der Waals surface area contributed by atoms with Gasteiger partial charge in [0.1, 0.15) is 0 Å². The molecule has 0 bridgehead atoms. The predicted octanol–water partition coefficient (Wildman–Crippen LogP) is 6.32. The Morgan fingerprint density at radius 2 is 1.48 bits per heavy atom. The van der Waals surface area contributed by atoms with Gasteiger partial charge >= 0.3 is 0 Å². The molecule has 0 saturated carbocycles. The monoisotopic (exact) mass is 400 g/mol. The van der Waals surface area contributed by atoms with Crippen molar-refractivity contribution < 1.29 is 4.74 Å². The number of ether oxygens (including phenoxy) is 1. The molecule has 0 aliphatic rings. The van der Waals surface area contributed by atoms with Gasteiger partial charge in [-0.1, -0.05) is 77.9 Å². The summed E-state index contributed by atoms with van der Waals surface area (Å²) < 4.78 is 6.98. The maximum Gasteiger partial charge on any atom is 0.0716 e. The number of rotatable bonds is 13. The molecule has 0 spiro atoms. The van der Waals surface area contributed by atoms with E-state index >= 15 is 0 Å². The van der Waals surface area contributed by atoms with Crippen LogP contribution >= 0.6 is 22.6 Å². The molecule has 1 aromatic rings. The van der Waals surface area contributed by atoms with E-state index in [1.165, 1.54) is 61.4 Å². The van der Waals surface area contributed by atoms with Gasteiger partial charge in [-0.25, -0.2) is 0 Å².